The van der Waals surface area contributed by atoms with Crippen LogP contribution in [-0.2, 0) is 11.8 Å². The van der Waals surface area contributed by atoms with Crippen LogP contribution in [0.15, 0.2) is 6.20 Å². The van der Waals surface area contributed by atoms with E-state index in [9.17, 15) is 8.78 Å². The van der Waals surface area contributed by atoms with Gasteiger partial charge >= 0.3 is 0 Å². The molecule has 0 saturated carbocycles. The first-order chi connectivity index (χ1) is 7.11. The number of rotatable bonds is 3. The number of aromatic nitrogens is 1. The maximum absolute atomic E-state index is 12.5. The summed E-state index contributed by atoms with van der Waals surface area (Å²) >= 11 is 3.14. The van der Waals surface area contributed by atoms with Gasteiger partial charge in [-0.1, -0.05) is 15.9 Å². The predicted octanol–water partition coefficient (Wildman–Crippen LogP) is 2.56. The van der Waals surface area contributed by atoms with E-state index in [4.69, 9.17) is 11.0 Å². The lowest BCUT2D eigenvalue weighted by atomic mass is 10.0. The molecule has 0 aliphatic carbocycles. The van der Waals surface area contributed by atoms with Crippen LogP contribution in [-0.4, -0.2) is 4.98 Å². The lowest BCUT2D eigenvalue weighted by Crippen LogP contribution is -2.05. The van der Waals surface area contributed by atoms with Gasteiger partial charge in [-0.15, -0.1) is 0 Å². The van der Waals surface area contributed by atoms with E-state index in [2.05, 4.69) is 20.9 Å². The first kappa shape index (κ1) is 11.9. The second-order valence-corrected chi connectivity index (χ2v) is 3.38. The molecule has 2 N–H and O–H groups in total. The van der Waals surface area contributed by atoms with Gasteiger partial charge in [0.25, 0.3) is 6.43 Å². The Morgan fingerprint density at radius 2 is 2.27 bits per heavy atom. The van der Waals surface area contributed by atoms with Gasteiger partial charge in [0.1, 0.15) is 0 Å². The molecule has 0 saturated heterocycles. The largest absolute Gasteiger partial charge is 0.397 e. The van der Waals surface area contributed by atoms with Crippen molar-refractivity contribution in [2.45, 2.75) is 18.2 Å². The van der Waals surface area contributed by atoms with Crippen LogP contribution in [0.4, 0.5) is 14.5 Å². The van der Waals surface area contributed by atoms with Crippen LogP contribution in [0, 0.1) is 11.3 Å². The van der Waals surface area contributed by atoms with Crippen molar-refractivity contribution in [3.63, 3.8) is 0 Å². The highest BCUT2D eigenvalue weighted by atomic mass is 79.9. The maximum atomic E-state index is 12.5. The fraction of sp³-hybridized carbons (Fsp3) is 0.333. The minimum absolute atomic E-state index is 0.131. The molecule has 0 aliphatic heterocycles. The molecular formula is C9H8BrF2N3. The fourth-order valence-corrected chi connectivity index (χ4v) is 1.64. The Morgan fingerprint density at radius 3 is 2.73 bits per heavy atom. The van der Waals surface area contributed by atoms with Gasteiger partial charge < -0.3 is 5.73 Å². The third kappa shape index (κ3) is 2.42. The number of halogens is 3. The molecule has 0 unspecified atom stereocenters. The van der Waals surface area contributed by atoms with E-state index in [1.54, 1.807) is 0 Å². The zero-order chi connectivity index (χ0) is 11.4. The van der Waals surface area contributed by atoms with Gasteiger partial charge in [0, 0.05) is 22.7 Å². The van der Waals surface area contributed by atoms with Crippen molar-refractivity contribution in [1.82, 2.24) is 4.98 Å². The summed E-state index contributed by atoms with van der Waals surface area (Å²) in [5.74, 6) is 0. The first-order valence-corrected chi connectivity index (χ1v) is 5.21. The molecule has 0 spiro atoms. The zero-order valence-electron chi connectivity index (χ0n) is 7.67. The third-order valence-corrected chi connectivity index (χ3v) is 2.49. The van der Waals surface area contributed by atoms with Crippen molar-refractivity contribution < 1.29 is 8.78 Å². The van der Waals surface area contributed by atoms with Crippen LogP contribution in [0.2, 0.25) is 0 Å². The molecule has 0 aliphatic rings. The fourth-order valence-electron chi connectivity index (χ4n) is 1.20. The minimum Gasteiger partial charge on any atom is -0.397 e. The zero-order valence-corrected chi connectivity index (χ0v) is 9.26. The van der Waals surface area contributed by atoms with Gasteiger partial charge in [-0.05, 0) is 0 Å². The molecule has 6 heteroatoms. The second kappa shape index (κ2) is 5.03. The molecule has 1 rings (SSSR count). The quantitative estimate of drug-likeness (QED) is 0.863. The van der Waals surface area contributed by atoms with Crippen LogP contribution in [0.3, 0.4) is 0 Å². The monoisotopic (exact) mass is 275 g/mol. The van der Waals surface area contributed by atoms with E-state index in [1.165, 1.54) is 0 Å². The van der Waals surface area contributed by atoms with Crippen LogP contribution >= 0.6 is 15.9 Å². The first-order valence-electron chi connectivity index (χ1n) is 4.09. The number of nitrogens with two attached hydrogens (primary N) is 1. The summed E-state index contributed by atoms with van der Waals surface area (Å²) in [6, 6.07) is 1.81. The number of pyridine rings is 1. The third-order valence-electron chi connectivity index (χ3n) is 1.96. The molecule has 1 heterocycles. The molecule has 0 radical (unpaired) electrons. The molecule has 0 fully saturated rings. The Balaban J connectivity index is 3.32. The average molecular weight is 276 g/mol. The van der Waals surface area contributed by atoms with Crippen molar-refractivity contribution in [2.75, 3.05) is 5.73 Å². The molecule has 0 atom stereocenters. The van der Waals surface area contributed by atoms with Crippen LogP contribution in [0.5, 0.6) is 0 Å². The lowest BCUT2D eigenvalue weighted by Gasteiger charge is -2.11. The van der Waals surface area contributed by atoms with Gasteiger partial charge in [-0.3, -0.25) is 4.98 Å². The van der Waals surface area contributed by atoms with Gasteiger partial charge in [-0.2, -0.15) is 5.26 Å². The summed E-state index contributed by atoms with van der Waals surface area (Å²) in [6.45, 7) is 0. The summed E-state index contributed by atoms with van der Waals surface area (Å²) < 4.78 is 25.1. The van der Waals surface area contributed by atoms with Crippen molar-refractivity contribution >= 4 is 21.6 Å². The second-order valence-electron chi connectivity index (χ2n) is 2.82. The van der Waals surface area contributed by atoms with Crippen LogP contribution < -0.4 is 5.73 Å². The molecule has 1 aromatic rings. The van der Waals surface area contributed by atoms with E-state index in [0.717, 1.165) is 6.20 Å². The molecular weight excluding hydrogens is 268 g/mol. The van der Waals surface area contributed by atoms with Crippen molar-refractivity contribution in [1.29, 1.82) is 5.26 Å². The summed E-state index contributed by atoms with van der Waals surface area (Å²) in [5, 5.41) is 8.91. The highest BCUT2D eigenvalue weighted by Gasteiger charge is 2.17. The normalized spacial score (nSPS) is 10.3. The summed E-state index contributed by atoms with van der Waals surface area (Å²) in [4.78, 5) is 3.80. The van der Waals surface area contributed by atoms with E-state index in [-0.39, 0.29) is 23.2 Å². The highest BCUT2D eigenvalue weighted by molar-refractivity contribution is 9.08. The highest BCUT2D eigenvalue weighted by Crippen LogP contribution is 2.29. The Bertz CT molecular complexity index is 401. The summed E-state index contributed by atoms with van der Waals surface area (Å²) in [5.41, 5.74) is 6.20. The standard InChI is InChI=1S/C9H8BrF2N3/c10-3-7-8(14)5(1-2-13)6(4-15-7)9(11)12/h4,9H,1,3,14H2. The van der Waals surface area contributed by atoms with Crippen molar-refractivity contribution in [3.8, 4) is 6.07 Å². The SMILES string of the molecule is N#CCc1c(C(F)F)cnc(CBr)c1N. The summed E-state index contributed by atoms with van der Waals surface area (Å²) in [7, 11) is 0. The predicted molar refractivity (Wildman–Crippen MR) is 55.6 cm³/mol. The van der Waals surface area contributed by atoms with Crippen LogP contribution in [0.25, 0.3) is 0 Å². The number of nitriles is 1. The molecule has 15 heavy (non-hydrogen) atoms. The molecule has 0 amide bonds. The van der Waals surface area contributed by atoms with E-state index in [0.29, 0.717) is 11.0 Å². The van der Waals surface area contributed by atoms with E-state index < -0.39 is 6.43 Å². The average Bonchev–Trinajstić information content (AvgIpc) is 2.20. The Morgan fingerprint density at radius 1 is 1.60 bits per heavy atom. The Hall–Kier alpha value is -1.22. The smallest absolute Gasteiger partial charge is 0.265 e. The number of nitrogen functional groups attached to an aromatic ring is 1. The maximum Gasteiger partial charge on any atom is 0.265 e. The molecule has 80 valence electrons. The number of hydrogen-bond donors (Lipinski definition) is 1. The lowest BCUT2D eigenvalue weighted by molar-refractivity contribution is 0.150. The molecule has 0 bridgehead atoms. The molecule has 3 nitrogen and oxygen atoms in total. The van der Waals surface area contributed by atoms with Gasteiger partial charge in [0.15, 0.2) is 0 Å². The molecule has 1 aromatic heterocycles. The number of hydrogen-bond acceptors (Lipinski definition) is 3. The molecule has 0 aromatic carbocycles. The van der Waals surface area contributed by atoms with Crippen molar-refractivity contribution in [2.24, 2.45) is 0 Å². The van der Waals surface area contributed by atoms with Gasteiger partial charge in [0.05, 0.1) is 23.9 Å². The van der Waals surface area contributed by atoms with E-state index >= 15 is 0 Å². The van der Waals surface area contributed by atoms with Crippen molar-refractivity contribution in [3.05, 3.63) is 23.0 Å². The van der Waals surface area contributed by atoms with Crippen LogP contribution in [0.1, 0.15) is 23.2 Å². The topological polar surface area (TPSA) is 62.7 Å². The number of alkyl halides is 3. The summed E-state index contributed by atoms with van der Waals surface area (Å²) in [6.07, 6.45) is -1.72. The Kier molecular flexibility index (Phi) is 3.97. The Labute approximate surface area is 94.0 Å². The number of nitrogens with zero attached hydrogens (tertiary/aromatic N) is 2. The van der Waals surface area contributed by atoms with Gasteiger partial charge in [0.2, 0.25) is 0 Å². The van der Waals surface area contributed by atoms with E-state index in [1.807, 2.05) is 6.07 Å². The minimum atomic E-state index is -2.66. The van der Waals surface area contributed by atoms with Gasteiger partial charge in [-0.25, -0.2) is 8.78 Å². The number of anilines is 1.